The SMILES string of the molecule is CC1CCN(c2ccc(C=O)cc2F)C1CO. The number of aliphatic hydroxyl groups excluding tert-OH is 1. The molecule has 0 bridgehead atoms. The standard InChI is InChI=1S/C13H16FNO2/c1-9-4-5-15(13(9)8-17)12-3-2-10(7-16)6-11(12)14/h2-3,6-7,9,13,17H,4-5,8H2,1H3. The van der Waals surface area contributed by atoms with Crippen molar-refractivity contribution in [1.82, 2.24) is 0 Å². The van der Waals surface area contributed by atoms with Gasteiger partial charge in [0.2, 0.25) is 0 Å². The smallest absolute Gasteiger partial charge is 0.150 e. The van der Waals surface area contributed by atoms with Gasteiger partial charge < -0.3 is 10.0 Å². The summed E-state index contributed by atoms with van der Waals surface area (Å²) < 4.78 is 13.8. The molecule has 0 aromatic heterocycles. The maximum absolute atomic E-state index is 13.8. The number of anilines is 1. The van der Waals surface area contributed by atoms with Crippen molar-refractivity contribution >= 4 is 12.0 Å². The van der Waals surface area contributed by atoms with E-state index >= 15 is 0 Å². The molecule has 0 spiro atoms. The Morgan fingerprint density at radius 3 is 2.94 bits per heavy atom. The first-order chi connectivity index (χ1) is 8.17. The summed E-state index contributed by atoms with van der Waals surface area (Å²) in [6.45, 7) is 2.82. The number of aldehydes is 1. The van der Waals surface area contributed by atoms with Gasteiger partial charge in [-0.05, 0) is 30.5 Å². The highest BCUT2D eigenvalue weighted by Gasteiger charge is 2.31. The average molecular weight is 237 g/mol. The van der Waals surface area contributed by atoms with E-state index in [0.717, 1.165) is 13.0 Å². The van der Waals surface area contributed by atoms with Gasteiger partial charge in [-0.25, -0.2) is 4.39 Å². The highest BCUT2D eigenvalue weighted by molar-refractivity contribution is 5.76. The van der Waals surface area contributed by atoms with E-state index in [-0.39, 0.29) is 12.6 Å². The summed E-state index contributed by atoms with van der Waals surface area (Å²) in [5, 5.41) is 9.34. The summed E-state index contributed by atoms with van der Waals surface area (Å²) in [7, 11) is 0. The third-order valence-corrected chi connectivity index (χ3v) is 3.49. The van der Waals surface area contributed by atoms with Crippen LogP contribution in [0.25, 0.3) is 0 Å². The zero-order valence-electron chi connectivity index (χ0n) is 9.77. The number of hydrogen-bond donors (Lipinski definition) is 1. The molecule has 3 nitrogen and oxygen atoms in total. The van der Waals surface area contributed by atoms with Crippen LogP contribution in [0.15, 0.2) is 18.2 Å². The first-order valence-electron chi connectivity index (χ1n) is 5.79. The zero-order valence-corrected chi connectivity index (χ0v) is 9.77. The number of hydrogen-bond acceptors (Lipinski definition) is 3. The van der Waals surface area contributed by atoms with Crippen LogP contribution >= 0.6 is 0 Å². The minimum Gasteiger partial charge on any atom is -0.394 e. The van der Waals surface area contributed by atoms with E-state index in [9.17, 15) is 14.3 Å². The summed E-state index contributed by atoms with van der Waals surface area (Å²) in [4.78, 5) is 12.4. The summed E-state index contributed by atoms with van der Waals surface area (Å²) in [6, 6.07) is 4.41. The van der Waals surface area contributed by atoms with Crippen molar-refractivity contribution in [2.45, 2.75) is 19.4 Å². The van der Waals surface area contributed by atoms with E-state index in [4.69, 9.17) is 0 Å². The molecule has 0 amide bonds. The Bertz CT molecular complexity index is 422. The van der Waals surface area contributed by atoms with E-state index in [1.54, 1.807) is 12.1 Å². The third kappa shape index (κ3) is 2.17. The fourth-order valence-corrected chi connectivity index (χ4v) is 2.42. The molecule has 1 heterocycles. The van der Waals surface area contributed by atoms with Crippen molar-refractivity contribution in [3.05, 3.63) is 29.6 Å². The second-order valence-corrected chi connectivity index (χ2v) is 4.54. The largest absolute Gasteiger partial charge is 0.394 e. The van der Waals surface area contributed by atoms with Gasteiger partial charge in [0.25, 0.3) is 0 Å². The summed E-state index contributed by atoms with van der Waals surface area (Å²) >= 11 is 0. The lowest BCUT2D eigenvalue weighted by molar-refractivity contribution is 0.112. The molecule has 4 heteroatoms. The Kier molecular flexibility index (Phi) is 3.43. The third-order valence-electron chi connectivity index (χ3n) is 3.49. The molecule has 1 aliphatic rings. The molecule has 1 aromatic carbocycles. The first kappa shape index (κ1) is 12.0. The van der Waals surface area contributed by atoms with Crippen LogP contribution in [0.4, 0.5) is 10.1 Å². The Labute approximate surface area is 99.9 Å². The number of carbonyl (C=O) groups excluding carboxylic acids is 1. The van der Waals surface area contributed by atoms with E-state index in [2.05, 4.69) is 6.92 Å². The zero-order chi connectivity index (χ0) is 12.4. The highest BCUT2D eigenvalue weighted by Crippen LogP contribution is 2.31. The molecule has 17 heavy (non-hydrogen) atoms. The van der Waals surface area contributed by atoms with Crippen LogP contribution in [0.2, 0.25) is 0 Å². The summed E-state index contributed by atoms with van der Waals surface area (Å²) in [5.74, 6) is -0.0488. The molecule has 1 N–H and O–H groups in total. The highest BCUT2D eigenvalue weighted by atomic mass is 19.1. The van der Waals surface area contributed by atoms with Crippen molar-refractivity contribution in [2.75, 3.05) is 18.1 Å². The number of benzene rings is 1. The predicted molar refractivity (Wildman–Crippen MR) is 63.8 cm³/mol. The monoisotopic (exact) mass is 237 g/mol. The fourth-order valence-electron chi connectivity index (χ4n) is 2.42. The second-order valence-electron chi connectivity index (χ2n) is 4.54. The van der Waals surface area contributed by atoms with Crippen molar-refractivity contribution in [1.29, 1.82) is 0 Å². The average Bonchev–Trinajstić information content (AvgIpc) is 2.70. The predicted octanol–water partition coefficient (Wildman–Crippen LogP) is 1.85. The van der Waals surface area contributed by atoms with Gasteiger partial charge in [0.1, 0.15) is 12.1 Å². The van der Waals surface area contributed by atoms with Gasteiger partial charge in [0.05, 0.1) is 18.3 Å². The van der Waals surface area contributed by atoms with Crippen LogP contribution in [-0.2, 0) is 0 Å². The first-order valence-corrected chi connectivity index (χ1v) is 5.79. The molecule has 2 unspecified atom stereocenters. The van der Waals surface area contributed by atoms with Crippen LogP contribution in [0, 0.1) is 11.7 Å². The van der Waals surface area contributed by atoms with E-state index in [1.165, 1.54) is 6.07 Å². The van der Waals surface area contributed by atoms with Crippen molar-refractivity contribution < 1.29 is 14.3 Å². The van der Waals surface area contributed by atoms with Crippen LogP contribution < -0.4 is 4.90 Å². The van der Waals surface area contributed by atoms with Crippen LogP contribution in [-0.4, -0.2) is 30.6 Å². The second kappa shape index (κ2) is 4.84. The fraction of sp³-hybridized carbons (Fsp3) is 0.462. The summed E-state index contributed by atoms with van der Waals surface area (Å²) in [6.07, 6.45) is 1.57. The lowest BCUT2D eigenvalue weighted by atomic mass is 10.0. The van der Waals surface area contributed by atoms with Crippen LogP contribution in [0.1, 0.15) is 23.7 Å². The Balaban J connectivity index is 2.31. The normalized spacial score (nSPS) is 24.1. The Morgan fingerprint density at radius 1 is 1.59 bits per heavy atom. The molecule has 1 aliphatic heterocycles. The quantitative estimate of drug-likeness (QED) is 0.815. The van der Waals surface area contributed by atoms with Crippen LogP contribution in [0.5, 0.6) is 0 Å². The Hall–Kier alpha value is -1.42. The maximum Gasteiger partial charge on any atom is 0.150 e. The molecule has 0 radical (unpaired) electrons. The molecule has 1 fully saturated rings. The topological polar surface area (TPSA) is 40.5 Å². The van der Waals surface area contributed by atoms with Crippen molar-refractivity contribution in [3.8, 4) is 0 Å². The number of rotatable bonds is 3. The molecule has 2 rings (SSSR count). The number of nitrogens with zero attached hydrogens (tertiary/aromatic N) is 1. The van der Waals surface area contributed by atoms with E-state index in [0.29, 0.717) is 23.5 Å². The molecule has 0 aliphatic carbocycles. The molecule has 1 aromatic rings. The van der Waals surface area contributed by atoms with Gasteiger partial charge in [0, 0.05) is 12.1 Å². The van der Waals surface area contributed by atoms with E-state index < -0.39 is 5.82 Å². The molecule has 0 saturated carbocycles. The van der Waals surface area contributed by atoms with Gasteiger partial charge in [-0.1, -0.05) is 6.92 Å². The maximum atomic E-state index is 13.8. The van der Waals surface area contributed by atoms with Crippen molar-refractivity contribution in [3.63, 3.8) is 0 Å². The minimum atomic E-state index is -0.401. The van der Waals surface area contributed by atoms with Gasteiger partial charge in [-0.2, -0.15) is 0 Å². The van der Waals surface area contributed by atoms with Crippen molar-refractivity contribution in [2.24, 2.45) is 5.92 Å². The van der Waals surface area contributed by atoms with Gasteiger partial charge in [-0.15, -0.1) is 0 Å². The number of aliphatic hydroxyl groups is 1. The van der Waals surface area contributed by atoms with Crippen LogP contribution in [0.3, 0.4) is 0 Å². The van der Waals surface area contributed by atoms with Gasteiger partial charge >= 0.3 is 0 Å². The minimum absolute atomic E-state index is 0.0238. The number of halogens is 1. The summed E-state index contributed by atoms with van der Waals surface area (Å²) in [5.41, 5.74) is 0.804. The molecule has 92 valence electrons. The molecular weight excluding hydrogens is 221 g/mol. The Morgan fingerprint density at radius 2 is 2.35 bits per heavy atom. The molecular formula is C13H16FNO2. The lowest BCUT2D eigenvalue weighted by Gasteiger charge is -2.27. The molecule has 2 atom stereocenters. The van der Waals surface area contributed by atoms with E-state index in [1.807, 2.05) is 4.90 Å². The van der Waals surface area contributed by atoms with Gasteiger partial charge in [-0.3, -0.25) is 4.79 Å². The number of carbonyl (C=O) groups is 1. The van der Waals surface area contributed by atoms with Gasteiger partial charge in [0.15, 0.2) is 0 Å². The lowest BCUT2D eigenvalue weighted by Crippen LogP contribution is -2.35. The molecule has 1 saturated heterocycles.